The monoisotopic (exact) mass is 337 g/mol. The Balaban J connectivity index is 1.51. The van der Waals surface area contributed by atoms with E-state index < -0.39 is 11.8 Å². The van der Waals surface area contributed by atoms with E-state index in [0.29, 0.717) is 0 Å². The molecule has 1 saturated carbocycles. The zero-order valence-electron chi connectivity index (χ0n) is 14.0. The van der Waals surface area contributed by atoms with E-state index in [9.17, 15) is 13.6 Å². The van der Waals surface area contributed by atoms with E-state index in [4.69, 9.17) is 0 Å². The van der Waals surface area contributed by atoms with Crippen LogP contribution in [0.4, 0.5) is 25.0 Å². The average molecular weight is 337 g/mol. The zero-order valence-corrected chi connectivity index (χ0v) is 14.0. The molecule has 2 unspecified atom stereocenters. The fourth-order valence-corrected chi connectivity index (χ4v) is 3.27. The molecule has 1 heterocycles. The van der Waals surface area contributed by atoms with Crippen molar-refractivity contribution in [1.82, 2.24) is 4.90 Å². The van der Waals surface area contributed by atoms with Gasteiger partial charge in [0.25, 0.3) is 5.92 Å². The van der Waals surface area contributed by atoms with Crippen molar-refractivity contribution in [3.05, 3.63) is 24.3 Å². The predicted octanol–water partition coefficient (Wildman–Crippen LogP) is 4.55. The van der Waals surface area contributed by atoms with Crippen LogP contribution < -0.4 is 10.6 Å². The van der Waals surface area contributed by atoms with Crippen molar-refractivity contribution < 1.29 is 13.6 Å². The summed E-state index contributed by atoms with van der Waals surface area (Å²) >= 11 is 0. The van der Waals surface area contributed by atoms with Crippen molar-refractivity contribution in [2.45, 2.75) is 51.0 Å². The average Bonchev–Trinajstić information content (AvgIpc) is 3.26. The van der Waals surface area contributed by atoms with Gasteiger partial charge >= 0.3 is 6.03 Å². The number of alkyl halides is 2. The molecule has 2 fully saturated rings. The number of benzene rings is 1. The molecule has 1 saturated heterocycles. The quantitative estimate of drug-likeness (QED) is 0.846. The van der Waals surface area contributed by atoms with Gasteiger partial charge in [0.2, 0.25) is 0 Å². The maximum Gasteiger partial charge on any atom is 0.321 e. The Labute approximate surface area is 141 Å². The van der Waals surface area contributed by atoms with Gasteiger partial charge in [-0.05, 0) is 44.0 Å². The Morgan fingerprint density at radius 2 is 1.67 bits per heavy atom. The number of amides is 2. The third-order valence-corrected chi connectivity index (χ3v) is 4.90. The molecule has 132 valence electrons. The van der Waals surface area contributed by atoms with Gasteiger partial charge in [-0.3, -0.25) is 0 Å². The number of urea groups is 1. The summed E-state index contributed by atoms with van der Waals surface area (Å²) in [7, 11) is 0. The summed E-state index contributed by atoms with van der Waals surface area (Å²) in [4.78, 5) is 14.1. The van der Waals surface area contributed by atoms with Crippen molar-refractivity contribution in [2.24, 2.45) is 5.92 Å². The lowest BCUT2D eigenvalue weighted by Gasteiger charge is -2.21. The molecule has 1 aromatic rings. The summed E-state index contributed by atoms with van der Waals surface area (Å²) in [5.41, 5.74) is 1.51. The zero-order chi connectivity index (χ0) is 17.2. The summed E-state index contributed by atoms with van der Waals surface area (Å²) in [6, 6.07) is 6.90. The highest BCUT2D eigenvalue weighted by molar-refractivity contribution is 5.89. The normalized spacial score (nSPS) is 24.0. The lowest BCUT2D eigenvalue weighted by molar-refractivity contribution is 0.0959. The van der Waals surface area contributed by atoms with Gasteiger partial charge in [-0.15, -0.1) is 0 Å². The fourth-order valence-electron chi connectivity index (χ4n) is 3.27. The van der Waals surface area contributed by atoms with Crippen LogP contribution in [-0.2, 0) is 0 Å². The first kappa shape index (κ1) is 17.0. The molecule has 6 heteroatoms. The van der Waals surface area contributed by atoms with E-state index in [2.05, 4.69) is 10.6 Å². The minimum Gasteiger partial charge on any atom is -0.382 e. The third kappa shape index (κ3) is 4.16. The topological polar surface area (TPSA) is 44.4 Å². The van der Waals surface area contributed by atoms with Crippen molar-refractivity contribution >= 4 is 17.4 Å². The number of hydrogen-bond acceptors (Lipinski definition) is 2. The Bertz CT molecular complexity index is 568. The number of likely N-dealkylation sites (tertiary alicyclic amines) is 1. The van der Waals surface area contributed by atoms with Crippen molar-refractivity contribution in [3.63, 3.8) is 0 Å². The van der Waals surface area contributed by atoms with E-state index in [1.54, 1.807) is 19.1 Å². The van der Waals surface area contributed by atoms with E-state index in [-0.39, 0.29) is 18.5 Å². The van der Waals surface area contributed by atoms with Crippen LogP contribution in [-0.4, -0.2) is 36.0 Å². The fraction of sp³-hybridized carbons (Fsp3) is 0.611. The number of carbonyl (C=O) groups excluding carboxylic acids is 1. The maximum absolute atomic E-state index is 13.1. The number of nitrogens with zero attached hydrogens (tertiary/aromatic N) is 1. The standard InChI is InChI=1S/C18H25F2N3O/c1-13(16-12-18(16,19)20)21-14-6-8-15(9-7-14)22-17(24)23-10-4-2-3-5-11-23/h6-9,13,16,21H,2-5,10-12H2,1H3,(H,22,24). The molecule has 0 spiro atoms. The second-order valence-electron chi connectivity index (χ2n) is 6.91. The molecule has 0 bridgehead atoms. The second kappa shape index (κ2) is 6.95. The Morgan fingerprint density at radius 3 is 2.21 bits per heavy atom. The van der Waals surface area contributed by atoms with Crippen molar-refractivity contribution in [3.8, 4) is 0 Å². The Hall–Kier alpha value is -1.85. The molecular formula is C18H25F2N3O. The summed E-state index contributed by atoms with van der Waals surface area (Å²) in [6.07, 6.45) is 4.44. The Morgan fingerprint density at radius 1 is 1.12 bits per heavy atom. The van der Waals surface area contributed by atoms with Gasteiger partial charge in [-0.1, -0.05) is 12.8 Å². The van der Waals surface area contributed by atoms with Crippen LogP contribution in [0.25, 0.3) is 0 Å². The van der Waals surface area contributed by atoms with Crippen LogP contribution in [0.1, 0.15) is 39.0 Å². The van der Waals surface area contributed by atoms with Crippen LogP contribution in [0, 0.1) is 5.92 Å². The van der Waals surface area contributed by atoms with Crippen LogP contribution in [0.2, 0.25) is 0 Å². The van der Waals surface area contributed by atoms with Gasteiger partial charge in [0.15, 0.2) is 0 Å². The molecule has 2 aliphatic rings. The van der Waals surface area contributed by atoms with E-state index >= 15 is 0 Å². The smallest absolute Gasteiger partial charge is 0.321 e. The van der Waals surface area contributed by atoms with Crippen LogP contribution in [0.3, 0.4) is 0 Å². The third-order valence-electron chi connectivity index (χ3n) is 4.90. The molecule has 2 amide bonds. The van der Waals surface area contributed by atoms with Gasteiger partial charge in [-0.2, -0.15) is 0 Å². The lowest BCUT2D eigenvalue weighted by atomic mass is 10.2. The highest BCUT2D eigenvalue weighted by Gasteiger charge is 2.59. The molecule has 0 radical (unpaired) electrons. The van der Waals surface area contributed by atoms with Crippen LogP contribution in [0.5, 0.6) is 0 Å². The predicted molar refractivity (Wildman–Crippen MR) is 91.6 cm³/mol. The van der Waals surface area contributed by atoms with E-state index in [1.165, 1.54) is 12.8 Å². The summed E-state index contributed by atoms with van der Waals surface area (Å²) < 4.78 is 26.1. The molecule has 2 N–H and O–H groups in total. The van der Waals surface area contributed by atoms with Gasteiger partial charge in [0.05, 0.1) is 0 Å². The number of carbonyl (C=O) groups is 1. The van der Waals surface area contributed by atoms with Crippen LogP contribution >= 0.6 is 0 Å². The Kier molecular flexibility index (Phi) is 4.92. The number of rotatable bonds is 4. The first-order valence-electron chi connectivity index (χ1n) is 8.76. The molecule has 24 heavy (non-hydrogen) atoms. The number of halogens is 2. The summed E-state index contributed by atoms with van der Waals surface area (Å²) in [6.45, 7) is 3.39. The summed E-state index contributed by atoms with van der Waals surface area (Å²) in [5, 5.41) is 6.02. The highest BCUT2D eigenvalue weighted by atomic mass is 19.3. The largest absolute Gasteiger partial charge is 0.382 e. The van der Waals surface area contributed by atoms with Gasteiger partial charge in [0.1, 0.15) is 0 Å². The number of nitrogens with one attached hydrogen (secondary N) is 2. The van der Waals surface area contributed by atoms with Gasteiger partial charge < -0.3 is 15.5 Å². The minimum absolute atomic E-state index is 0.0366. The van der Waals surface area contributed by atoms with Crippen molar-refractivity contribution in [1.29, 1.82) is 0 Å². The molecule has 1 aliphatic heterocycles. The molecule has 2 atom stereocenters. The SMILES string of the molecule is CC(Nc1ccc(NC(=O)N2CCCCCC2)cc1)C1CC1(F)F. The molecule has 0 aromatic heterocycles. The van der Waals surface area contributed by atoms with Gasteiger partial charge in [-0.25, -0.2) is 13.6 Å². The van der Waals surface area contributed by atoms with Crippen molar-refractivity contribution in [2.75, 3.05) is 23.7 Å². The van der Waals surface area contributed by atoms with Crippen LogP contribution in [0.15, 0.2) is 24.3 Å². The highest BCUT2D eigenvalue weighted by Crippen LogP contribution is 2.51. The molecule has 1 aromatic carbocycles. The number of hydrogen-bond donors (Lipinski definition) is 2. The first-order chi connectivity index (χ1) is 11.5. The number of anilines is 2. The van der Waals surface area contributed by atoms with E-state index in [0.717, 1.165) is 37.3 Å². The molecule has 3 rings (SSSR count). The first-order valence-corrected chi connectivity index (χ1v) is 8.76. The van der Waals surface area contributed by atoms with E-state index in [1.807, 2.05) is 17.0 Å². The minimum atomic E-state index is -2.52. The maximum atomic E-state index is 13.1. The second-order valence-corrected chi connectivity index (χ2v) is 6.91. The van der Waals surface area contributed by atoms with Gasteiger partial charge in [0, 0.05) is 42.8 Å². The molecule has 4 nitrogen and oxygen atoms in total. The lowest BCUT2D eigenvalue weighted by Crippen LogP contribution is -2.35. The summed E-state index contributed by atoms with van der Waals surface area (Å²) in [5.74, 6) is -3.10. The molecule has 1 aliphatic carbocycles. The molecular weight excluding hydrogens is 312 g/mol.